The molecule has 12 rings (SSSR count). The van der Waals surface area contributed by atoms with Crippen molar-refractivity contribution in [3.05, 3.63) is 203 Å². The predicted molar refractivity (Wildman–Crippen MR) is 365 cm³/mol. The molecule has 6 aromatic heterocycles. The molecule has 2 aliphatic heterocycles. The Morgan fingerprint density at radius 1 is 0.353 bits per heavy atom. The Labute approximate surface area is 513 Å². The third kappa shape index (κ3) is 13.0. The fourth-order valence-electron chi connectivity index (χ4n) is 11.8. The van der Waals surface area contributed by atoms with Crippen LogP contribution in [0, 0.1) is 0 Å². The van der Waals surface area contributed by atoms with Gasteiger partial charge in [-0.15, -0.1) is 34.0 Å². The highest BCUT2D eigenvalue weighted by molar-refractivity contribution is 7.19. The Bertz CT molecular complexity index is 4090. The minimum atomic E-state index is -0.379. The molecule has 0 unspecified atom stereocenters. The van der Waals surface area contributed by atoms with E-state index in [9.17, 15) is 4.79 Å². The van der Waals surface area contributed by atoms with Crippen molar-refractivity contribution < 1.29 is 9.53 Å². The lowest BCUT2D eigenvalue weighted by Crippen LogP contribution is -2.00. The molecule has 0 fully saturated rings. The average Bonchev–Trinajstić information content (AvgIpc) is 3.22. The summed E-state index contributed by atoms with van der Waals surface area (Å²) in [6.45, 7) is 6.81. The van der Waals surface area contributed by atoms with Crippen LogP contribution in [0.3, 0.4) is 0 Å². The van der Waals surface area contributed by atoms with Crippen LogP contribution in [0.25, 0.3) is 120 Å². The molecule has 2 aliphatic rings. The number of fused-ring (bicyclic) bond motifs is 8. The molecule has 0 amide bonds. The number of benzene rings is 4. The SMILES string of the molecule is CCCCCCc1ccc(-c2ccc(-c3c4nc(c(-c5ccc(-c6ccc(CCCCCC)cc6)s5)c5ccc([nH]5)c(-c5ccc(-c6ccc(CCCCCC)cc6)s5)c5nc(c(-c6ccc(C(=O)OC)cc6)c6ccc3[nH]6)C=C5)C=C4)s2)cc1. The van der Waals surface area contributed by atoms with Gasteiger partial charge in [-0.2, -0.15) is 0 Å². The minimum absolute atomic E-state index is 0.379. The number of H-pyrrole nitrogens is 2. The number of esters is 1. The predicted octanol–water partition coefficient (Wildman–Crippen LogP) is 22.7. The first-order valence-corrected chi connectivity index (χ1v) is 33.2. The molecular formula is C76H74N4O2S3. The monoisotopic (exact) mass is 1170 g/mol. The van der Waals surface area contributed by atoms with E-state index in [4.69, 9.17) is 14.7 Å². The Kier molecular flexibility index (Phi) is 18.2. The molecule has 0 atom stereocenters. The number of unbranched alkanes of at least 4 members (excludes halogenated alkanes) is 9. The smallest absolute Gasteiger partial charge is 0.337 e. The highest BCUT2D eigenvalue weighted by atomic mass is 32.1. The van der Waals surface area contributed by atoms with E-state index in [0.29, 0.717) is 5.56 Å². The van der Waals surface area contributed by atoms with Gasteiger partial charge in [0.1, 0.15) is 0 Å². The van der Waals surface area contributed by atoms with Crippen molar-refractivity contribution in [2.75, 3.05) is 7.11 Å². The number of hydrogen-bond donors (Lipinski definition) is 2. The molecule has 10 aromatic rings. The number of rotatable bonds is 23. The largest absolute Gasteiger partial charge is 0.465 e. The lowest BCUT2D eigenvalue weighted by molar-refractivity contribution is 0.0600. The van der Waals surface area contributed by atoms with Gasteiger partial charge in [0.05, 0.1) is 35.4 Å². The molecule has 0 saturated carbocycles. The topological polar surface area (TPSA) is 83.7 Å². The maximum absolute atomic E-state index is 12.8. The number of nitrogens with zero attached hydrogens (tertiary/aromatic N) is 2. The van der Waals surface area contributed by atoms with Crippen molar-refractivity contribution >= 4 is 86.4 Å². The van der Waals surface area contributed by atoms with Crippen LogP contribution < -0.4 is 0 Å². The minimum Gasteiger partial charge on any atom is -0.465 e. The second kappa shape index (κ2) is 27.0. The van der Waals surface area contributed by atoms with E-state index in [0.717, 1.165) is 107 Å². The van der Waals surface area contributed by atoms with Gasteiger partial charge in [0, 0.05) is 73.6 Å². The Morgan fingerprint density at radius 2 is 0.659 bits per heavy atom. The summed E-state index contributed by atoms with van der Waals surface area (Å²) >= 11 is 5.40. The lowest BCUT2D eigenvalue weighted by atomic mass is 10.0. The number of thiophene rings is 3. The van der Waals surface area contributed by atoms with E-state index in [2.05, 4.69) is 189 Å². The van der Waals surface area contributed by atoms with E-state index in [1.54, 1.807) is 22.7 Å². The summed E-state index contributed by atoms with van der Waals surface area (Å²) in [5, 5.41) is 0. The number of aryl methyl sites for hydroxylation is 3. The molecule has 9 heteroatoms. The summed E-state index contributed by atoms with van der Waals surface area (Å²) in [4.78, 5) is 39.0. The van der Waals surface area contributed by atoms with Gasteiger partial charge in [0.25, 0.3) is 0 Å². The zero-order valence-corrected chi connectivity index (χ0v) is 51.8. The number of carbonyl (C=O) groups excluding carboxylic acids is 1. The number of carbonyl (C=O) groups is 1. The van der Waals surface area contributed by atoms with Gasteiger partial charge in [0.2, 0.25) is 0 Å². The van der Waals surface area contributed by atoms with Crippen molar-refractivity contribution in [2.45, 2.75) is 117 Å². The van der Waals surface area contributed by atoms with Gasteiger partial charge < -0.3 is 14.7 Å². The van der Waals surface area contributed by atoms with Gasteiger partial charge in [-0.1, -0.05) is 163 Å². The van der Waals surface area contributed by atoms with Gasteiger partial charge in [-0.3, -0.25) is 0 Å². The number of nitrogens with one attached hydrogen (secondary N) is 2. The van der Waals surface area contributed by atoms with Crippen LogP contribution in [-0.4, -0.2) is 33.0 Å². The van der Waals surface area contributed by atoms with Crippen LogP contribution in [0.1, 0.15) is 148 Å². The fraction of sp³-hybridized carbons (Fsp3) is 0.250. The average molecular weight is 1170 g/mol. The number of ether oxygens (including phenoxy) is 1. The van der Waals surface area contributed by atoms with Crippen LogP contribution >= 0.6 is 34.0 Å². The fourth-order valence-corrected chi connectivity index (χ4v) is 15.1. The van der Waals surface area contributed by atoms with Crippen molar-refractivity contribution in [1.82, 2.24) is 19.9 Å². The van der Waals surface area contributed by atoms with E-state index in [1.165, 1.54) is 132 Å². The van der Waals surface area contributed by atoms with Crippen LogP contribution in [0.15, 0.2) is 158 Å². The maximum atomic E-state index is 12.8. The second-order valence-corrected chi connectivity index (χ2v) is 25.8. The molecule has 8 heterocycles. The quantitative estimate of drug-likeness (QED) is 0.0494. The third-order valence-corrected chi connectivity index (χ3v) is 20.0. The molecule has 6 nitrogen and oxygen atoms in total. The third-order valence-electron chi connectivity index (χ3n) is 16.6. The number of aromatic nitrogens is 4. The molecule has 0 radical (unpaired) electrons. The Hall–Kier alpha value is -7.95. The zero-order valence-electron chi connectivity index (χ0n) is 49.4. The second-order valence-electron chi connectivity index (χ2n) is 22.6. The van der Waals surface area contributed by atoms with Gasteiger partial charge in [-0.05, 0) is 175 Å². The van der Waals surface area contributed by atoms with Crippen LogP contribution in [0.2, 0.25) is 0 Å². The molecule has 0 saturated heterocycles. The molecule has 85 heavy (non-hydrogen) atoms. The molecule has 428 valence electrons. The Balaban J connectivity index is 1.05. The van der Waals surface area contributed by atoms with Crippen LogP contribution in [0.5, 0.6) is 0 Å². The molecule has 0 aliphatic carbocycles. The van der Waals surface area contributed by atoms with E-state index in [-0.39, 0.29) is 5.97 Å². The van der Waals surface area contributed by atoms with Crippen molar-refractivity contribution in [1.29, 1.82) is 0 Å². The first kappa shape index (κ1) is 57.5. The Morgan fingerprint density at radius 3 is 0.988 bits per heavy atom. The van der Waals surface area contributed by atoms with E-state index in [1.807, 2.05) is 35.6 Å². The van der Waals surface area contributed by atoms with E-state index < -0.39 is 0 Å². The normalized spacial score (nSPS) is 12.0. The molecule has 4 aromatic carbocycles. The summed E-state index contributed by atoms with van der Waals surface area (Å²) in [6.07, 6.45) is 27.1. The van der Waals surface area contributed by atoms with Crippen LogP contribution in [-0.2, 0) is 24.0 Å². The number of aromatic amines is 2. The van der Waals surface area contributed by atoms with Crippen molar-refractivity contribution in [3.63, 3.8) is 0 Å². The lowest BCUT2D eigenvalue weighted by Gasteiger charge is -2.06. The standard InChI is InChI=1S/C76H74N4O2S3/c1-5-8-11-14-17-50-20-26-53(27-21-50)66-44-47-69(83-66)73-60-38-36-58(77-60)72(56-32-34-57(35-33-56)76(81)82-4)59-37-39-61(78-59)74(70-48-45-67(84-70)54-28-22-51(23-29-54)18-15-12-9-6-2)63-41-43-65(80-63)75(64-42-40-62(73)79-64)71-49-46-68(85-71)55-30-24-52(25-31-55)19-16-13-10-7-3/h20-49,77,80H,5-19H2,1-4H3. The highest BCUT2D eigenvalue weighted by Crippen LogP contribution is 2.45. The van der Waals surface area contributed by atoms with Gasteiger partial charge >= 0.3 is 5.97 Å². The first-order valence-electron chi connectivity index (χ1n) is 30.8. The highest BCUT2D eigenvalue weighted by Gasteiger charge is 2.22. The van der Waals surface area contributed by atoms with Crippen molar-refractivity contribution in [2.24, 2.45) is 0 Å². The first-order chi connectivity index (χ1) is 41.8. The zero-order chi connectivity index (χ0) is 58.1. The molecule has 2 N–H and O–H groups in total. The van der Waals surface area contributed by atoms with Crippen molar-refractivity contribution in [3.8, 4) is 73.8 Å². The number of methoxy groups -OCH3 is 1. The van der Waals surface area contributed by atoms with Gasteiger partial charge in [0.15, 0.2) is 0 Å². The molecule has 0 spiro atoms. The summed E-state index contributed by atoms with van der Waals surface area (Å²) < 4.78 is 5.14. The van der Waals surface area contributed by atoms with Crippen LogP contribution in [0.4, 0.5) is 0 Å². The summed E-state index contributed by atoms with van der Waals surface area (Å²) in [5.41, 5.74) is 20.4. The summed E-state index contributed by atoms with van der Waals surface area (Å²) in [6, 6.07) is 57.6. The summed E-state index contributed by atoms with van der Waals surface area (Å²) in [7, 11) is 1.42. The maximum Gasteiger partial charge on any atom is 0.337 e. The molecule has 8 bridgehead atoms. The molecular weight excluding hydrogens is 1100 g/mol. The van der Waals surface area contributed by atoms with Gasteiger partial charge in [-0.25, -0.2) is 14.8 Å². The van der Waals surface area contributed by atoms with E-state index >= 15 is 0 Å². The summed E-state index contributed by atoms with van der Waals surface area (Å²) in [5.74, 6) is -0.379. The number of hydrogen-bond acceptors (Lipinski definition) is 7.